The molecular weight excluding hydrogens is 162 g/mol. The van der Waals surface area contributed by atoms with Crippen LogP contribution < -0.4 is 0 Å². The van der Waals surface area contributed by atoms with E-state index in [4.69, 9.17) is 5.53 Å². The number of nitrogens with zero attached hydrogens (tertiary/aromatic N) is 3. The topological polar surface area (TPSA) is 48.8 Å². The molecular formula is C10H11N3. The number of rotatable bonds is 3. The summed E-state index contributed by atoms with van der Waals surface area (Å²) in [7, 11) is 0. The molecule has 0 saturated heterocycles. The molecule has 3 heteroatoms. The molecule has 0 spiro atoms. The van der Waals surface area contributed by atoms with Gasteiger partial charge in [-0.25, -0.2) is 0 Å². The first-order valence-electron chi connectivity index (χ1n) is 4.01. The Labute approximate surface area is 77.3 Å². The summed E-state index contributed by atoms with van der Waals surface area (Å²) in [5, 5.41) is 3.49. The van der Waals surface area contributed by atoms with Crippen LogP contribution in [-0.4, -0.2) is 0 Å². The average molecular weight is 173 g/mol. The van der Waals surface area contributed by atoms with Crippen molar-refractivity contribution in [3.8, 4) is 0 Å². The third kappa shape index (κ3) is 3.01. The Morgan fingerprint density at radius 3 is 2.54 bits per heavy atom. The first-order valence-corrected chi connectivity index (χ1v) is 4.01. The smallest absolute Gasteiger partial charge is 0.0375 e. The Balaban J connectivity index is 2.80. The van der Waals surface area contributed by atoms with Gasteiger partial charge in [-0.05, 0) is 24.4 Å². The van der Waals surface area contributed by atoms with Crippen molar-refractivity contribution in [2.24, 2.45) is 5.11 Å². The summed E-state index contributed by atoms with van der Waals surface area (Å²) in [5.41, 5.74) is 11.1. The highest BCUT2D eigenvalue weighted by atomic mass is 15.1. The second-order valence-electron chi connectivity index (χ2n) is 2.99. The number of benzene rings is 1. The lowest BCUT2D eigenvalue weighted by atomic mass is 10.1. The molecule has 0 aromatic heterocycles. The third-order valence-electron chi connectivity index (χ3n) is 1.60. The van der Waals surface area contributed by atoms with E-state index in [9.17, 15) is 0 Å². The molecule has 0 saturated carbocycles. The minimum Gasteiger partial charge on any atom is -0.0998 e. The molecule has 0 amide bonds. The molecule has 3 nitrogen and oxygen atoms in total. The molecule has 0 bridgehead atoms. The zero-order valence-corrected chi connectivity index (χ0v) is 7.57. The first-order chi connectivity index (χ1) is 6.22. The van der Waals surface area contributed by atoms with E-state index in [1.807, 2.05) is 19.1 Å². The van der Waals surface area contributed by atoms with Crippen LogP contribution >= 0.6 is 0 Å². The summed E-state index contributed by atoms with van der Waals surface area (Å²) in [6.07, 6.45) is 0.872. The van der Waals surface area contributed by atoms with E-state index >= 15 is 0 Å². The van der Waals surface area contributed by atoms with Crippen LogP contribution in [0.2, 0.25) is 0 Å². The largest absolute Gasteiger partial charge is 0.0998 e. The van der Waals surface area contributed by atoms with E-state index < -0.39 is 0 Å². The molecule has 0 aliphatic carbocycles. The van der Waals surface area contributed by atoms with Gasteiger partial charge in [0.25, 0.3) is 0 Å². The fraction of sp³-hybridized carbons (Fsp3) is 0.200. The molecule has 0 heterocycles. The van der Waals surface area contributed by atoms with Gasteiger partial charge in [-0.1, -0.05) is 41.5 Å². The fourth-order valence-electron chi connectivity index (χ4n) is 1.08. The lowest BCUT2D eigenvalue weighted by Crippen LogP contribution is -1.83. The van der Waals surface area contributed by atoms with Gasteiger partial charge in [-0.3, -0.25) is 0 Å². The van der Waals surface area contributed by atoms with Crippen LogP contribution in [-0.2, 0) is 6.42 Å². The van der Waals surface area contributed by atoms with Crippen LogP contribution in [0.5, 0.6) is 0 Å². The molecule has 13 heavy (non-hydrogen) atoms. The summed E-state index contributed by atoms with van der Waals surface area (Å²) < 4.78 is 0. The summed E-state index contributed by atoms with van der Waals surface area (Å²) >= 11 is 0. The van der Waals surface area contributed by atoms with Crippen molar-refractivity contribution in [1.29, 1.82) is 0 Å². The molecule has 1 aromatic rings. The minimum absolute atomic E-state index is 0.646. The molecule has 0 atom stereocenters. The van der Waals surface area contributed by atoms with Gasteiger partial charge in [0.05, 0.1) is 0 Å². The Hall–Kier alpha value is -1.73. The first kappa shape index (κ1) is 9.36. The van der Waals surface area contributed by atoms with Crippen LogP contribution in [0.3, 0.4) is 0 Å². The number of hydrogen-bond donors (Lipinski definition) is 0. The van der Waals surface area contributed by atoms with E-state index in [1.54, 1.807) is 12.1 Å². The van der Waals surface area contributed by atoms with E-state index in [1.165, 1.54) is 5.56 Å². The average Bonchev–Trinajstić information content (AvgIpc) is 2.08. The fourth-order valence-corrected chi connectivity index (χ4v) is 1.08. The summed E-state index contributed by atoms with van der Waals surface area (Å²) in [4.78, 5) is 2.70. The zero-order valence-electron chi connectivity index (χ0n) is 7.57. The summed E-state index contributed by atoms with van der Waals surface area (Å²) in [6.45, 7) is 5.81. The molecule has 1 aromatic carbocycles. The highest BCUT2D eigenvalue weighted by Gasteiger charge is 1.92. The molecule has 0 unspecified atom stereocenters. The normalized spacial score (nSPS) is 9.00. The van der Waals surface area contributed by atoms with Crippen molar-refractivity contribution < 1.29 is 0 Å². The zero-order chi connectivity index (χ0) is 9.68. The van der Waals surface area contributed by atoms with Crippen LogP contribution in [0, 0.1) is 0 Å². The van der Waals surface area contributed by atoms with E-state index in [0.29, 0.717) is 5.69 Å². The summed E-state index contributed by atoms with van der Waals surface area (Å²) in [6, 6.07) is 7.49. The predicted molar refractivity (Wildman–Crippen MR) is 53.8 cm³/mol. The molecule has 0 N–H and O–H groups in total. The van der Waals surface area contributed by atoms with Gasteiger partial charge in [0.2, 0.25) is 0 Å². The van der Waals surface area contributed by atoms with E-state index in [2.05, 4.69) is 16.6 Å². The maximum Gasteiger partial charge on any atom is 0.0375 e. The van der Waals surface area contributed by atoms with Gasteiger partial charge in [0.1, 0.15) is 0 Å². The maximum absolute atomic E-state index is 8.18. The maximum atomic E-state index is 8.18. The van der Waals surface area contributed by atoms with Gasteiger partial charge in [-0.2, -0.15) is 0 Å². The van der Waals surface area contributed by atoms with Crippen molar-refractivity contribution >= 4 is 5.69 Å². The van der Waals surface area contributed by atoms with Gasteiger partial charge in [0.15, 0.2) is 0 Å². The van der Waals surface area contributed by atoms with Gasteiger partial charge in [-0.15, -0.1) is 0 Å². The highest BCUT2D eigenvalue weighted by molar-refractivity contribution is 5.39. The molecule has 0 aliphatic rings. The van der Waals surface area contributed by atoms with Crippen LogP contribution in [0.4, 0.5) is 5.69 Å². The summed E-state index contributed by atoms with van der Waals surface area (Å²) in [5.74, 6) is 0. The van der Waals surface area contributed by atoms with Crippen molar-refractivity contribution in [2.45, 2.75) is 13.3 Å². The van der Waals surface area contributed by atoms with Crippen LogP contribution in [0.25, 0.3) is 10.4 Å². The number of hydrogen-bond acceptors (Lipinski definition) is 1. The van der Waals surface area contributed by atoms with Gasteiger partial charge >= 0.3 is 0 Å². The van der Waals surface area contributed by atoms with Gasteiger partial charge < -0.3 is 0 Å². The molecule has 1 rings (SSSR count). The van der Waals surface area contributed by atoms with Crippen molar-refractivity contribution in [3.63, 3.8) is 0 Å². The Bertz CT molecular complexity index is 345. The Morgan fingerprint density at radius 2 is 2.08 bits per heavy atom. The SMILES string of the molecule is C=C(C)Cc1ccc(N=[N+]=[N-])cc1. The quantitative estimate of drug-likeness (QED) is 0.289. The number of azide groups is 1. The molecule has 0 fully saturated rings. The van der Waals surface area contributed by atoms with Crippen molar-refractivity contribution in [2.75, 3.05) is 0 Å². The highest BCUT2D eigenvalue weighted by Crippen LogP contribution is 2.14. The minimum atomic E-state index is 0.646. The van der Waals surface area contributed by atoms with Crippen LogP contribution in [0.1, 0.15) is 12.5 Å². The standard InChI is InChI=1S/C10H11N3/c1-8(2)7-9-3-5-10(6-4-9)12-13-11/h3-6H,1,7H2,2H3. The lowest BCUT2D eigenvalue weighted by Gasteiger charge is -1.99. The van der Waals surface area contributed by atoms with Gasteiger partial charge in [0, 0.05) is 10.6 Å². The lowest BCUT2D eigenvalue weighted by molar-refractivity contribution is 1.15. The molecule has 0 aliphatic heterocycles. The number of allylic oxidation sites excluding steroid dienone is 1. The van der Waals surface area contributed by atoms with Crippen LogP contribution in [0.15, 0.2) is 41.5 Å². The predicted octanol–water partition coefficient (Wildman–Crippen LogP) is 3.75. The Kier molecular flexibility index (Phi) is 3.12. The molecule has 66 valence electrons. The van der Waals surface area contributed by atoms with E-state index in [-0.39, 0.29) is 0 Å². The Morgan fingerprint density at radius 1 is 1.46 bits per heavy atom. The molecule has 0 radical (unpaired) electrons. The monoisotopic (exact) mass is 173 g/mol. The van der Waals surface area contributed by atoms with Crippen molar-refractivity contribution in [1.82, 2.24) is 0 Å². The van der Waals surface area contributed by atoms with E-state index in [0.717, 1.165) is 12.0 Å². The van der Waals surface area contributed by atoms with Crippen molar-refractivity contribution in [3.05, 3.63) is 52.4 Å². The second kappa shape index (κ2) is 4.33. The second-order valence-corrected chi connectivity index (χ2v) is 2.99. The third-order valence-corrected chi connectivity index (χ3v) is 1.60.